The smallest absolute Gasteiger partial charge is 0.270 e. The number of ether oxygens (including phenoxy) is 2. The molecule has 38 heavy (non-hydrogen) atoms. The first kappa shape index (κ1) is 28.0. The quantitative estimate of drug-likeness (QED) is 0.388. The summed E-state index contributed by atoms with van der Waals surface area (Å²) in [7, 11) is 3.24. The molecule has 1 aliphatic rings. The Morgan fingerprint density at radius 3 is 2.55 bits per heavy atom. The Labute approximate surface area is 227 Å². The number of anilines is 1. The summed E-state index contributed by atoms with van der Waals surface area (Å²) in [5.74, 6) is 0.0389. The van der Waals surface area contributed by atoms with E-state index in [1.165, 1.54) is 12.1 Å². The van der Waals surface area contributed by atoms with E-state index in [1.807, 2.05) is 36.7 Å². The van der Waals surface area contributed by atoms with E-state index in [0.717, 1.165) is 11.1 Å². The van der Waals surface area contributed by atoms with Gasteiger partial charge in [-0.25, -0.2) is 9.37 Å². The first-order valence-electron chi connectivity index (χ1n) is 12.5. The maximum absolute atomic E-state index is 14.1. The summed E-state index contributed by atoms with van der Waals surface area (Å²) in [5, 5.41) is 13.6. The molecule has 4 rings (SSSR count). The molecule has 3 heterocycles. The number of hydrogen-bond acceptors (Lipinski definition) is 6. The number of benzene rings is 1. The Hall–Kier alpha value is -2.98. The number of halogens is 2. The number of aliphatic hydroxyl groups excluding tert-OH is 1. The Bertz CT molecular complexity index is 1290. The molecule has 2 aromatic heterocycles. The average Bonchev–Trinajstić information content (AvgIpc) is 3.23. The van der Waals surface area contributed by atoms with Crippen LogP contribution in [0.15, 0.2) is 42.7 Å². The Morgan fingerprint density at radius 1 is 1.16 bits per heavy atom. The molecule has 1 aliphatic heterocycles. The molecule has 2 N–H and O–H groups in total. The summed E-state index contributed by atoms with van der Waals surface area (Å²) >= 11 is 6.55. The van der Waals surface area contributed by atoms with Gasteiger partial charge in [0.2, 0.25) is 0 Å². The summed E-state index contributed by atoms with van der Waals surface area (Å²) in [5.41, 5.74) is 2.55. The molecule has 0 saturated carbocycles. The number of aromatic nitrogens is 2. The average molecular weight is 545 g/mol. The first-order chi connectivity index (χ1) is 18.2. The van der Waals surface area contributed by atoms with Crippen molar-refractivity contribution in [2.75, 3.05) is 39.3 Å². The molecule has 0 fully saturated rings. The van der Waals surface area contributed by atoms with Crippen LogP contribution in [0, 0.1) is 11.2 Å². The number of carbonyl (C=O) groups is 1. The fraction of sp³-hybridized carbons (Fsp3) is 0.429. The molecule has 0 atom stereocenters. The summed E-state index contributed by atoms with van der Waals surface area (Å²) in [6.07, 6.45) is 3.51. The molecule has 3 aromatic rings. The lowest BCUT2D eigenvalue weighted by Gasteiger charge is -2.35. The zero-order chi connectivity index (χ0) is 27.4. The van der Waals surface area contributed by atoms with Gasteiger partial charge in [0.1, 0.15) is 17.3 Å². The van der Waals surface area contributed by atoms with Crippen LogP contribution in [0.2, 0.25) is 5.02 Å². The number of fused-ring (bicyclic) bond motifs is 1. The van der Waals surface area contributed by atoms with Crippen LogP contribution in [0.25, 0.3) is 11.1 Å². The van der Waals surface area contributed by atoms with Crippen molar-refractivity contribution >= 4 is 23.3 Å². The fourth-order valence-corrected chi connectivity index (χ4v) is 5.33. The van der Waals surface area contributed by atoms with Gasteiger partial charge < -0.3 is 29.4 Å². The predicted octanol–water partition coefficient (Wildman–Crippen LogP) is 4.59. The van der Waals surface area contributed by atoms with Gasteiger partial charge in [-0.3, -0.25) is 4.79 Å². The standard InChI is InChI=1S/C28H34ClFN4O4/c1-18(2)32-26-9-23(24(29)10-31-26)21-8-25-27(36)34(11-20-7-22(30)6-5-19(20)13-35)15-28(16-37-3,17-38-4)14-33(25)12-21/h5-10,12,18,35H,11,13-17H2,1-4H3,(H,31,32). The third-order valence-electron chi connectivity index (χ3n) is 6.64. The minimum Gasteiger partial charge on any atom is -0.392 e. The third-order valence-corrected chi connectivity index (χ3v) is 6.94. The lowest BCUT2D eigenvalue weighted by atomic mass is 9.89. The van der Waals surface area contributed by atoms with Crippen molar-refractivity contribution in [2.45, 2.75) is 39.6 Å². The van der Waals surface area contributed by atoms with Gasteiger partial charge in [-0.1, -0.05) is 17.7 Å². The maximum atomic E-state index is 14.1. The zero-order valence-corrected chi connectivity index (χ0v) is 22.9. The number of amides is 1. The lowest BCUT2D eigenvalue weighted by molar-refractivity contribution is -0.0170. The molecular weight excluding hydrogens is 511 g/mol. The number of aliphatic hydroxyl groups is 1. The Kier molecular flexibility index (Phi) is 8.72. The van der Waals surface area contributed by atoms with Crippen molar-refractivity contribution < 1.29 is 23.8 Å². The van der Waals surface area contributed by atoms with Gasteiger partial charge >= 0.3 is 0 Å². The first-order valence-corrected chi connectivity index (χ1v) is 12.8. The van der Waals surface area contributed by atoms with Crippen LogP contribution in [0.5, 0.6) is 0 Å². The highest BCUT2D eigenvalue weighted by Crippen LogP contribution is 2.35. The minimum absolute atomic E-state index is 0.126. The monoisotopic (exact) mass is 544 g/mol. The van der Waals surface area contributed by atoms with Crippen molar-refractivity contribution in [3.05, 3.63) is 70.4 Å². The van der Waals surface area contributed by atoms with Crippen LogP contribution in [-0.4, -0.2) is 65.5 Å². The van der Waals surface area contributed by atoms with Crippen LogP contribution in [-0.2, 0) is 29.2 Å². The molecule has 8 nitrogen and oxygen atoms in total. The van der Waals surface area contributed by atoms with E-state index in [9.17, 15) is 14.3 Å². The minimum atomic E-state index is -0.570. The molecule has 0 bridgehead atoms. The second-order valence-electron chi connectivity index (χ2n) is 10.2. The highest BCUT2D eigenvalue weighted by atomic mass is 35.5. The molecule has 1 amide bonds. The Morgan fingerprint density at radius 2 is 1.89 bits per heavy atom. The van der Waals surface area contributed by atoms with Crippen LogP contribution >= 0.6 is 11.6 Å². The SMILES string of the molecule is COCC1(COC)CN(Cc2cc(F)ccc2CO)C(=O)c2cc(-c3cc(NC(C)C)ncc3Cl)cn2C1. The highest BCUT2D eigenvalue weighted by Gasteiger charge is 2.40. The normalized spacial score (nSPS) is 15.1. The number of hydrogen-bond donors (Lipinski definition) is 2. The summed E-state index contributed by atoms with van der Waals surface area (Å²) in [6.45, 7) is 5.38. The van der Waals surface area contributed by atoms with E-state index in [0.29, 0.717) is 54.0 Å². The largest absolute Gasteiger partial charge is 0.392 e. The van der Waals surface area contributed by atoms with Crippen molar-refractivity contribution in [3.63, 3.8) is 0 Å². The second-order valence-corrected chi connectivity index (χ2v) is 10.6. The molecule has 0 aliphatic carbocycles. The van der Waals surface area contributed by atoms with E-state index in [2.05, 4.69) is 10.3 Å². The number of carbonyl (C=O) groups excluding carboxylic acids is 1. The van der Waals surface area contributed by atoms with Gasteiger partial charge in [-0.2, -0.15) is 0 Å². The van der Waals surface area contributed by atoms with E-state index in [4.69, 9.17) is 21.1 Å². The molecule has 204 valence electrons. The second kappa shape index (κ2) is 11.8. The molecule has 1 aromatic carbocycles. The summed E-state index contributed by atoms with van der Waals surface area (Å²) in [4.78, 5) is 20.0. The van der Waals surface area contributed by atoms with Crippen LogP contribution < -0.4 is 5.32 Å². The molecule has 0 unspecified atom stereocenters. The molecule has 0 spiro atoms. The van der Waals surface area contributed by atoms with E-state index in [1.54, 1.807) is 31.4 Å². The summed E-state index contributed by atoms with van der Waals surface area (Å²) in [6, 6.07) is 8.09. The lowest BCUT2D eigenvalue weighted by Crippen LogP contribution is -2.45. The van der Waals surface area contributed by atoms with Gasteiger partial charge in [0, 0.05) is 63.4 Å². The van der Waals surface area contributed by atoms with E-state index in [-0.39, 0.29) is 25.1 Å². The maximum Gasteiger partial charge on any atom is 0.270 e. The molecule has 0 saturated heterocycles. The number of nitrogens with one attached hydrogen (secondary N) is 1. The fourth-order valence-electron chi connectivity index (χ4n) is 5.12. The van der Waals surface area contributed by atoms with Gasteiger partial charge in [-0.05, 0) is 49.2 Å². The van der Waals surface area contributed by atoms with Crippen molar-refractivity contribution in [2.24, 2.45) is 5.41 Å². The van der Waals surface area contributed by atoms with Crippen molar-refractivity contribution in [1.82, 2.24) is 14.5 Å². The molecular formula is C28H34ClFN4O4. The molecule has 0 radical (unpaired) electrons. The van der Waals surface area contributed by atoms with Crippen molar-refractivity contribution in [3.8, 4) is 11.1 Å². The highest BCUT2D eigenvalue weighted by molar-refractivity contribution is 6.33. The van der Waals surface area contributed by atoms with Crippen LogP contribution in [0.4, 0.5) is 10.2 Å². The zero-order valence-electron chi connectivity index (χ0n) is 22.1. The van der Waals surface area contributed by atoms with Crippen molar-refractivity contribution in [1.29, 1.82) is 0 Å². The molecule has 10 heteroatoms. The van der Waals surface area contributed by atoms with E-state index >= 15 is 0 Å². The number of methoxy groups -OCH3 is 2. The van der Waals surface area contributed by atoms with Crippen LogP contribution in [0.1, 0.15) is 35.5 Å². The van der Waals surface area contributed by atoms with E-state index < -0.39 is 11.2 Å². The number of rotatable bonds is 10. The Balaban J connectivity index is 1.80. The van der Waals surface area contributed by atoms with Gasteiger partial charge in [0.25, 0.3) is 5.91 Å². The third kappa shape index (κ3) is 6.02. The van der Waals surface area contributed by atoms with Gasteiger partial charge in [-0.15, -0.1) is 0 Å². The predicted molar refractivity (Wildman–Crippen MR) is 145 cm³/mol. The number of pyridine rings is 1. The van der Waals surface area contributed by atoms with Gasteiger partial charge in [0.05, 0.1) is 30.3 Å². The van der Waals surface area contributed by atoms with Gasteiger partial charge in [0.15, 0.2) is 0 Å². The summed E-state index contributed by atoms with van der Waals surface area (Å²) < 4.78 is 27.3. The number of nitrogens with zero attached hydrogens (tertiary/aromatic N) is 3. The van der Waals surface area contributed by atoms with Crippen LogP contribution in [0.3, 0.4) is 0 Å². The topological polar surface area (TPSA) is 88.8 Å².